The molecule has 0 amide bonds. The first-order chi connectivity index (χ1) is 7.71. The van der Waals surface area contributed by atoms with Crippen molar-refractivity contribution >= 4 is 0 Å². The van der Waals surface area contributed by atoms with Gasteiger partial charge in [0.25, 0.3) is 0 Å². The molecule has 2 saturated heterocycles. The van der Waals surface area contributed by atoms with Crippen LogP contribution in [0.1, 0.15) is 25.7 Å². The number of nitrogens with one attached hydrogen (secondary N) is 1. The standard InChI is InChI=1S/C12H24N2O2/c1-14-10-3-4-11(14)8-12(7-10,9-15)13-5-6-16-2/h10-11,13,15H,3-9H2,1-2H3. The van der Waals surface area contributed by atoms with Crippen LogP contribution in [-0.4, -0.2) is 61.5 Å². The number of hydrogen-bond donors (Lipinski definition) is 2. The fourth-order valence-corrected chi connectivity index (χ4v) is 3.32. The molecule has 0 aromatic heterocycles. The van der Waals surface area contributed by atoms with Gasteiger partial charge in [0.2, 0.25) is 0 Å². The van der Waals surface area contributed by atoms with Crippen molar-refractivity contribution in [3.05, 3.63) is 0 Å². The van der Waals surface area contributed by atoms with Crippen LogP contribution < -0.4 is 5.32 Å². The van der Waals surface area contributed by atoms with E-state index in [2.05, 4.69) is 17.3 Å². The van der Waals surface area contributed by atoms with Crippen molar-refractivity contribution in [2.24, 2.45) is 0 Å². The predicted octanol–water partition coefficient (Wildman–Crippen LogP) is 0.210. The maximum atomic E-state index is 9.67. The maximum Gasteiger partial charge on any atom is 0.0614 e. The van der Waals surface area contributed by atoms with E-state index in [1.807, 2.05) is 0 Å². The Balaban J connectivity index is 1.95. The van der Waals surface area contributed by atoms with Crippen LogP contribution in [0.25, 0.3) is 0 Å². The first-order valence-corrected chi connectivity index (χ1v) is 6.27. The molecular weight excluding hydrogens is 204 g/mol. The quantitative estimate of drug-likeness (QED) is 0.660. The van der Waals surface area contributed by atoms with Crippen LogP contribution in [0.15, 0.2) is 0 Å². The van der Waals surface area contributed by atoms with E-state index in [0.717, 1.165) is 19.4 Å². The lowest BCUT2D eigenvalue weighted by molar-refractivity contribution is 0.0428. The van der Waals surface area contributed by atoms with Gasteiger partial charge in [-0.25, -0.2) is 0 Å². The Kier molecular flexibility index (Phi) is 3.85. The lowest BCUT2D eigenvalue weighted by Gasteiger charge is -2.45. The molecule has 0 aromatic rings. The van der Waals surface area contributed by atoms with Crippen molar-refractivity contribution in [2.45, 2.75) is 43.3 Å². The number of ether oxygens (including phenoxy) is 1. The number of fused-ring (bicyclic) bond motifs is 2. The van der Waals surface area contributed by atoms with Crippen LogP contribution in [0.4, 0.5) is 0 Å². The van der Waals surface area contributed by atoms with Crippen LogP contribution in [0.5, 0.6) is 0 Å². The molecule has 2 unspecified atom stereocenters. The molecule has 0 spiro atoms. The van der Waals surface area contributed by atoms with Gasteiger partial charge in [-0.3, -0.25) is 0 Å². The Morgan fingerprint density at radius 1 is 1.38 bits per heavy atom. The van der Waals surface area contributed by atoms with E-state index in [1.54, 1.807) is 7.11 Å². The molecule has 2 bridgehead atoms. The zero-order valence-corrected chi connectivity index (χ0v) is 10.4. The van der Waals surface area contributed by atoms with Gasteiger partial charge < -0.3 is 20.1 Å². The van der Waals surface area contributed by atoms with Crippen molar-refractivity contribution in [3.63, 3.8) is 0 Å². The molecule has 0 radical (unpaired) electrons. The van der Waals surface area contributed by atoms with Gasteiger partial charge in [0.15, 0.2) is 0 Å². The van der Waals surface area contributed by atoms with Gasteiger partial charge in [-0.2, -0.15) is 0 Å². The molecule has 2 atom stereocenters. The lowest BCUT2D eigenvalue weighted by atomic mass is 9.83. The van der Waals surface area contributed by atoms with Crippen LogP contribution >= 0.6 is 0 Å². The number of methoxy groups -OCH3 is 1. The third kappa shape index (κ3) is 2.25. The summed E-state index contributed by atoms with van der Waals surface area (Å²) in [5.41, 5.74) is -0.0587. The number of nitrogens with zero attached hydrogens (tertiary/aromatic N) is 1. The van der Waals surface area contributed by atoms with E-state index in [9.17, 15) is 5.11 Å². The Morgan fingerprint density at radius 2 is 2.00 bits per heavy atom. The molecule has 0 saturated carbocycles. The Hall–Kier alpha value is -0.160. The second kappa shape index (κ2) is 5.00. The highest BCUT2D eigenvalue weighted by Crippen LogP contribution is 2.39. The van der Waals surface area contributed by atoms with E-state index in [4.69, 9.17) is 4.74 Å². The first kappa shape index (κ1) is 12.3. The fourth-order valence-electron chi connectivity index (χ4n) is 3.32. The molecule has 2 heterocycles. The average Bonchev–Trinajstić information content (AvgIpc) is 2.54. The van der Waals surface area contributed by atoms with E-state index in [1.165, 1.54) is 12.8 Å². The van der Waals surface area contributed by atoms with Crippen molar-refractivity contribution in [1.82, 2.24) is 10.2 Å². The van der Waals surface area contributed by atoms with Crippen molar-refractivity contribution in [1.29, 1.82) is 0 Å². The highest BCUT2D eigenvalue weighted by molar-refractivity contribution is 5.04. The van der Waals surface area contributed by atoms with Gasteiger partial charge in [-0.05, 0) is 32.7 Å². The number of rotatable bonds is 5. The molecule has 16 heavy (non-hydrogen) atoms. The zero-order valence-electron chi connectivity index (χ0n) is 10.4. The SMILES string of the molecule is COCCNC1(CO)CC2CCC(C1)N2C. The summed E-state index contributed by atoms with van der Waals surface area (Å²) in [6.07, 6.45) is 4.71. The summed E-state index contributed by atoms with van der Waals surface area (Å²) in [4.78, 5) is 2.49. The Labute approximate surface area is 98.0 Å². The second-order valence-corrected chi connectivity index (χ2v) is 5.32. The van der Waals surface area contributed by atoms with E-state index in [-0.39, 0.29) is 12.1 Å². The summed E-state index contributed by atoms with van der Waals surface area (Å²) in [7, 11) is 3.93. The summed E-state index contributed by atoms with van der Waals surface area (Å²) in [5.74, 6) is 0. The molecule has 94 valence electrons. The van der Waals surface area contributed by atoms with Gasteiger partial charge in [-0.15, -0.1) is 0 Å². The molecule has 4 heteroatoms. The minimum atomic E-state index is -0.0587. The second-order valence-electron chi connectivity index (χ2n) is 5.32. The molecule has 4 nitrogen and oxygen atoms in total. The highest BCUT2D eigenvalue weighted by Gasteiger charge is 2.46. The van der Waals surface area contributed by atoms with Crippen LogP contribution in [0, 0.1) is 0 Å². The Bertz CT molecular complexity index is 221. The van der Waals surface area contributed by atoms with Gasteiger partial charge in [0.1, 0.15) is 0 Å². The topological polar surface area (TPSA) is 44.7 Å². The molecule has 2 fully saturated rings. The van der Waals surface area contributed by atoms with Crippen LogP contribution in [0.2, 0.25) is 0 Å². The van der Waals surface area contributed by atoms with Gasteiger partial charge in [-0.1, -0.05) is 0 Å². The number of aliphatic hydroxyl groups excluding tert-OH is 1. The molecule has 2 aliphatic heterocycles. The average molecular weight is 228 g/mol. The molecule has 2 N–H and O–H groups in total. The zero-order chi connectivity index (χ0) is 11.6. The smallest absolute Gasteiger partial charge is 0.0614 e. The summed E-state index contributed by atoms with van der Waals surface area (Å²) < 4.78 is 5.06. The van der Waals surface area contributed by atoms with Gasteiger partial charge in [0.05, 0.1) is 13.2 Å². The minimum Gasteiger partial charge on any atom is -0.394 e. The number of aliphatic hydroxyl groups is 1. The third-order valence-electron chi connectivity index (χ3n) is 4.35. The van der Waals surface area contributed by atoms with Crippen molar-refractivity contribution in [2.75, 3.05) is 33.9 Å². The number of piperidine rings is 1. The lowest BCUT2D eigenvalue weighted by Crippen LogP contribution is -2.59. The Morgan fingerprint density at radius 3 is 2.50 bits per heavy atom. The molecule has 2 aliphatic rings. The molecule has 0 aliphatic carbocycles. The van der Waals surface area contributed by atoms with Gasteiger partial charge >= 0.3 is 0 Å². The number of hydrogen-bond acceptors (Lipinski definition) is 4. The highest BCUT2D eigenvalue weighted by atomic mass is 16.5. The molecular formula is C12H24N2O2. The minimum absolute atomic E-state index is 0.0587. The fraction of sp³-hybridized carbons (Fsp3) is 1.00. The largest absolute Gasteiger partial charge is 0.394 e. The van der Waals surface area contributed by atoms with Crippen LogP contribution in [0.3, 0.4) is 0 Å². The predicted molar refractivity (Wildman–Crippen MR) is 63.5 cm³/mol. The summed E-state index contributed by atoms with van der Waals surface area (Å²) in [6, 6.07) is 1.31. The van der Waals surface area contributed by atoms with E-state index >= 15 is 0 Å². The maximum absolute atomic E-state index is 9.67. The summed E-state index contributed by atoms with van der Waals surface area (Å²) in [6.45, 7) is 1.80. The molecule has 0 aromatic carbocycles. The van der Waals surface area contributed by atoms with Crippen molar-refractivity contribution in [3.8, 4) is 0 Å². The van der Waals surface area contributed by atoms with Crippen LogP contribution in [-0.2, 0) is 4.74 Å². The summed E-state index contributed by atoms with van der Waals surface area (Å²) >= 11 is 0. The first-order valence-electron chi connectivity index (χ1n) is 6.27. The van der Waals surface area contributed by atoms with E-state index < -0.39 is 0 Å². The van der Waals surface area contributed by atoms with Crippen molar-refractivity contribution < 1.29 is 9.84 Å². The third-order valence-corrected chi connectivity index (χ3v) is 4.35. The normalized spacial score (nSPS) is 39.2. The van der Waals surface area contributed by atoms with Gasteiger partial charge in [0, 0.05) is 31.3 Å². The summed E-state index contributed by atoms with van der Waals surface area (Å²) in [5, 5.41) is 13.2. The van der Waals surface area contributed by atoms with E-state index in [0.29, 0.717) is 18.7 Å². The molecule has 2 rings (SSSR count). The monoisotopic (exact) mass is 228 g/mol.